The van der Waals surface area contributed by atoms with E-state index >= 15 is 0 Å². The molecule has 2 aromatic carbocycles. The molecule has 0 spiro atoms. The highest BCUT2D eigenvalue weighted by Gasteiger charge is 2.18. The van der Waals surface area contributed by atoms with Gasteiger partial charge in [0.25, 0.3) is 0 Å². The molecule has 0 radical (unpaired) electrons. The zero-order chi connectivity index (χ0) is 17.1. The number of hydrogen-bond acceptors (Lipinski definition) is 2. The number of fused-ring (bicyclic) bond motifs is 1. The number of aromatic amines is 1. The first-order chi connectivity index (χ1) is 12.3. The fourth-order valence-corrected chi connectivity index (χ4v) is 3.73. The lowest BCUT2D eigenvalue weighted by Gasteiger charge is -2.28. The van der Waals surface area contributed by atoms with Gasteiger partial charge in [0.2, 0.25) is 0 Å². The first kappa shape index (κ1) is 16.2. The molecule has 3 aromatic rings. The second-order valence-electron chi connectivity index (χ2n) is 7.25. The van der Waals surface area contributed by atoms with E-state index in [2.05, 4.69) is 53.5 Å². The van der Waals surface area contributed by atoms with Crippen LogP contribution in [0.15, 0.2) is 54.7 Å². The van der Waals surface area contributed by atoms with E-state index < -0.39 is 0 Å². The Bertz CT molecular complexity index is 816. The van der Waals surface area contributed by atoms with Crippen LogP contribution in [0, 0.1) is 5.92 Å². The summed E-state index contributed by atoms with van der Waals surface area (Å²) in [6, 6.07) is 16.7. The quantitative estimate of drug-likeness (QED) is 0.737. The molecule has 1 fully saturated rings. The van der Waals surface area contributed by atoms with Crippen molar-refractivity contribution in [3.8, 4) is 5.75 Å². The van der Waals surface area contributed by atoms with Crippen LogP contribution in [-0.2, 0) is 13.0 Å². The van der Waals surface area contributed by atoms with E-state index in [9.17, 15) is 0 Å². The number of rotatable bonds is 5. The van der Waals surface area contributed by atoms with Crippen molar-refractivity contribution in [2.75, 3.05) is 20.1 Å². The van der Waals surface area contributed by atoms with Crippen LogP contribution in [0.5, 0.6) is 5.75 Å². The molecule has 0 atom stereocenters. The summed E-state index contributed by atoms with van der Waals surface area (Å²) in [4.78, 5) is 5.85. The number of nitrogens with zero attached hydrogens (tertiary/aromatic N) is 1. The van der Waals surface area contributed by atoms with Crippen molar-refractivity contribution in [2.24, 2.45) is 5.92 Å². The summed E-state index contributed by atoms with van der Waals surface area (Å²) in [5.41, 5.74) is 3.83. The molecule has 0 aliphatic carbocycles. The normalized spacial score (nSPS) is 16.4. The predicted molar refractivity (Wildman–Crippen MR) is 103 cm³/mol. The van der Waals surface area contributed by atoms with Crippen molar-refractivity contribution < 1.29 is 4.74 Å². The fraction of sp³-hybridized carbons (Fsp3) is 0.364. The molecule has 1 aromatic heterocycles. The van der Waals surface area contributed by atoms with Gasteiger partial charge in [-0.15, -0.1) is 0 Å². The van der Waals surface area contributed by atoms with Crippen molar-refractivity contribution in [3.63, 3.8) is 0 Å². The third-order valence-corrected chi connectivity index (χ3v) is 5.33. The van der Waals surface area contributed by atoms with Crippen LogP contribution in [0.4, 0.5) is 0 Å². The minimum Gasteiger partial charge on any atom is -0.489 e. The molecule has 3 nitrogen and oxygen atoms in total. The van der Waals surface area contributed by atoms with Crippen molar-refractivity contribution in [1.82, 2.24) is 9.88 Å². The summed E-state index contributed by atoms with van der Waals surface area (Å²) in [6.07, 6.45) is 5.95. The van der Waals surface area contributed by atoms with Gasteiger partial charge in [-0.3, -0.25) is 0 Å². The Morgan fingerprint density at radius 2 is 1.88 bits per heavy atom. The van der Waals surface area contributed by atoms with Crippen LogP contribution >= 0.6 is 0 Å². The summed E-state index contributed by atoms with van der Waals surface area (Å²) in [5.74, 6) is 1.74. The van der Waals surface area contributed by atoms with Crippen molar-refractivity contribution in [1.29, 1.82) is 0 Å². The molecule has 1 aliphatic rings. The molecule has 0 unspecified atom stereocenters. The van der Waals surface area contributed by atoms with Gasteiger partial charge in [0.1, 0.15) is 12.4 Å². The molecule has 1 aliphatic heterocycles. The molecule has 3 heteroatoms. The van der Waals surface area contributed by atoms with Crippen molar-refractivity contribution in [2.45, 2.75) is 25.9 Å². The number of likely N-dealkylation sites (tertiary alicyclic amines) is 1. The highest BCUT2D eigenvalue weighted by Crippen LogP contribution is 2.28. The summed E-state index contributed by atoms with van der Waals surface area (Å²) in [6.45, 7) is 3.05. The molecule has 4 rings (SSSR count). The third kappa shape index (κ3) is 3.88. The Kier molecular flexibility index (Phi) is 4.75. The van der Waals surface area contributed by atoms with Crippen LogP contribution in [0.25, 0.3) is 10.9 Å². The molecule has 2 heterocycles. The SMILES string of the molecule is CN1CCC(Cc2c[nH]c3ccc(OCc4ccccc4)cc23)CC1. The highest BCUT2D eigenvalue weighted by atomic mass is 16.5. The average molecular weight is 334 g/mol. The lowest BCUT2D eigenvalue weighted by atomic mass is 9.90. The van der Waals surface area contributed by atoms with E-state index in [1.54, 1.807) is 0 Å². The van der Waals surface area contributed by atoms with Gasteiger partial charge in [-0.25, -0.2) is 0 Å². The zero-order valence-electron chi connectivity index (χ0n) is 14.9. The number of H-pyrrole nitrogens is 1. The molecule has 0 amide bonds. The number of aromatic nitrogens is 1. The Morgan fingerprint density at radius 1 is 1.08 bits per heavy atom. The van der Waals surface area contributed by atoms with E-state index in [0.29, 0.717) is 6.61 Å². The summed E-state index contributed by atoms with van der Waals surface area (Å²) in [7, 11) is 2.22. The maximum absolute atomic E-state index is 6.01. The monoisotopic (exact) mass is 334 g/mol. The number of ether oxygens (including phenoxy) is 1. The number of hydrogen-bond donors (Lipinski definition) is 1. The average Bonchev–Trinajstić information content (AvgIpc) is 3.05. The lowest BCUT2D eigenvalue weighted by molar-refractivity contribution is 0.219. The van der Waals surface area contributed by atoms with Gasteiger partial charge in [0.15, 0.2) is 0 Å². The first-order valence-electron chi connectivity index (χ1n) is 9.23. The van der Waals surface area contributed by atoms with E-state index in [-0.39, 0.29) is 0 Å². The van der Waals surface area contributed by atoms with E-state index in [4.69, 9.17) is 4.74 Å². The minimum absolute atomic E-state index is 0.612. The van der Waals surface area contributed by atoms with Gasteiger partial charge in [-0.1, -0.05) is 30.3 Å². The van der Waals surface area contributed by atoms with Crippen molar-refractivity contribution >= 4 is 10.9 Å². The van der Waals surface area contributed by atoms with Gasteiger partial charge < -0.3 is 14.6 Å². The summed E-state index contributed by atoms with van der Waals surface area (Å²) >= 11 is 0. The summed E-state index contributed by atoms with van der Waals surface area (Å²) < 4.78 is 6.01. The second kappa shape index (κ2) is 7.32. The Hall–Kier alpha value is -2.26. The van der Waals surface area contributed by atoms with E-state index in [0.717, 1.165) is 18.1 Å². The Balaban J connectivity index is 1.47. The van der Waals surface area contributed by atoms with Crippen LogP contribution in [-0.4, -0.2) is 30.0 Å². The molecular formula is C22H26N2O. The second-order valence-corrected chi connectivity index (χ2v) is 7.25. The van der Waals surface area contributed by atoms with E-state index in [1.165, 1.54) is 48.0 Å². The topological polar surface area (TPSA) is 28.3 Å². The first-order valence-corrected chi connectivity index (χ1v) is 9.23. The minimum atomic E-state index is 0.612. The molecule has 25 heavy (non-hydrogen) atoms. The van der Waals surface area contributed by atoms with Gasteiger partial charge in [-0.05, 0) is 74.6 Å². The molecule has 1 saturated heterocycles. The maximum atomic E-state index is 6.01. The largest absolute Gasteiger partial charge is 0.489 e. The predicted octanol–water partition coefficient (Wildman–Crippen LogP) is 4.63. The number of benzene rings is 2. The third-order valence-electron chi connectivity index (χ3n) is 5.33. The van der Waals surface area contributed by atoms with Crippen LogP contribution in [0.1, 0.15) is 24.0 Å². The maximum Gasteiger partial charge on any atom is 0.120 e. The highest BCUT2D eigenvalue weighted by molar-refractivity contribution is 5.84. The van der Waals surface area contributed by atoms with Crippen LogP contribution in [0.3, 0.4) is 0 Å². The Morgan fingerprint density at radius 3 is 2.68 bits per heavy atom. The number of nitrogens with one attached hydrogen (secondary N) is 1. The molecule has 0 saturated carbocycles. The smallest absolute Gasteiger partial charge is 0.120 e. The van der Waals surface area contributed by atoms with Crippen LogP contribution < -0.4 is 4.74 Å². The van der Waals surface area contributed by atoms with Crippen molar-refractivity contribution in [3.05, 3.63) is 65.9 Å². The standard InChI is InChI=1S/C22H26N2O/c1-24-11-9-17(10-12-24)13-19-15-23-22-8-7-20(14-21(19)22)25-16-18-5-3-2-4-6-18/h2-8,14-15,17,23H,9-13,16H2,1H3. The zero-order valence-corrected chi connectivity index (χ0v) is 14.9. The van der Waals surface area contributed by atoms with Gasteiger partial charge >= 0.3 is 0 Å². The van der Waals surface area contributed by atoms with Crippen LogP contribution in [0.2, 0.25) is 0 Å². The molecule has 130 valence electrons. The van der Waals surface area contributed by atoms with Gasteiger partial charge in [0.05, 0.1) is 0 Å². The van der Waals surface area contributed by atoms with Gasteiger partial charge in [0, 0.05) is 17.1 Å². The molecule has 1 N–H and O–H groups in total. The van der Waals surface area contributed by atoms with Gasteiger partial charge in [-0.2, -0.15) is 0 Å². The molecular weight excluding hydrogens is 308 g/mol. The Labute approximate surface area is 149 Å². The number of piperidine rings is 1. The summed E-state index contributed by atoms with van der Waals surface area (Å²) in [5, 5.41) is 1.31. The fourth-order valence-electron chi connectivity index (χ4n) is 3.73. The van der Waals surface area contributed by atoms with E-state index in [1.807, 2.05) is 18.2 Å². The molecule has 0 bridgehead atoms. The lowest BCUT2D eigenvalue weighted by Crippen LogP contribution is -2.30.